The maximum absolute atomic E-state index is 12.7. The van der Waals surface area contributed by atoms with Crippen molar-refractivity contribution in [2.45, 2.75) is 66.5 Å². The molecule has 1 aliphatic rings. The van der Waals surface area contributed by atoms with E-state index in [4.69, 9.17) is 0 Å². The van der Waals surface area contributed by atoms with Crippen molar-refractivity contribution in [1.82, 2.24) is 14.8 Å². The van der Waals surface area contributed by atoms with Gasteiger partial charge < -0.3 is 9.88 Å². The lowest BCUT2D eigenvalue weighted by Crippen LogP contribution is -2.36. The molecule has 6 heteroatoms. The van der Waals surface area contributed by atoms with Crippen molar-refractivity contribution in [2.24, 2.45) is 5.92 Å². The molecule has 0 aromatic carbocycles. The zero-order valence-corrected chi connectivity index (χ0v) is 15.9. The Kier molecular flexibility index (Phi) is 6.03. The summed E-state index contributed by atoms with van der Waals surface area (Å²) < 4.78 is 2.14. The van der Waals surface area contributed by atoms with Crippen LogP contribution in [0, 0.1) is 19.8 Å². The number of urea groups is 1. The van der Waals surface area contributed by atoms with Crippen LogP contribution in [0.5, 0.6) is 0 Å². The molecule has 1 aromatic heterocycles. The molecule has 0 radical (unpaired) electrons. The van der Waals surface area contributed by atoms with Crippen molar-refractivity contribution in [2.75, 3.05) is 6.54 Å². The van der Waals surface area contributed by atoms with Crippen LogP contribution in [0.3, 0.4) is 0 Å². The summed E-state index contributed by atoms with van der Waals surface area (Å²) in [6.45, 7) is 10.9. The zero-order chi connectivity index (χ0) is 18.7. The summed E-state index contributed by atoms with van der Waals surface area (Å²) in [5, 5.41) is 2.66. The summed E-state index contributed by atoms with van der Waals surface area (Å²) >= 11 is 0. The quantitative estimate of drug-likeness (QED) is 0.580. The van der Waals surface area contributed by atoms with Gasteiger partial charge in [0, 0.05) is 23.5 Å². The van der Waals surface area contributed by atoms with Crippen LogP contribution >= 0.6 is 0 Å². The van der Waals surface area contributed by atoms with Gasteiger partial charge in [-0.2, -0.15) is 0 Å². The predicted octanol–water partition coefficient (Wildman–Crippen LogP) is 3.05. The number of carbonyl (C=O) groups is 3. The van der Waals surface area contributed by atoms with E-state index in [1.807, 2.05) is 26.8 Å². The highest BCUT2D eigenvalue weighted by Gasteiger charge is 2.38. The van der Waals surface area contributed by atoms with Crippen LogP contribution < -0.4 is 5.32 Å². The molecule has 0 saturated carbocycles. The average Bonchev–Trinajstić information content (AvgIpc) is 2.96. The Morgan fingerprint density at radius 1 is 1.28 bits per heavy atom. The number of rotatable bonds is 8. The first-order valence-corrected chi connectivity index (χ1v) is 9.08. The Bertz CT molecular complexity index is 676. The molecule has 0 aliphatic carbocycles. The molecule has 1 fully saturated rings. The number of ketones is 1. The van der Waals surface area contributed by atoms with Gasteiger partial charge >= 0.3 is 6.03 Å². The summed E-state index contributed by atoms with van der Waals surface area (Å²) in [5.74, 6) is 0.0973. The van der Waals surface area contributed by atoms with Crippen molar-refractivity contribution in [3.63, 3.8) is 0 Å². The van der Waals surface area contributed by atoms with Crippen molar-refractivity contribution in [3.05, 3.63) is 23.0 Å². The Balaban J connectivity index is 2.12. The molecule has 1 N–H and O–H groups in total. The maximum atomic E-state index is 12.7. The fourth-order valence-electron chi connectivity index (χ4n) is 3.25. The SMILES string of the molecule is CCCC1NC(=O)N(CC(=O)c2cc(C)n(CCC(C)C)c2C)C1=O. The van der Waals surface area contributed by atoms with Gasteiger partial charge in [0.1, 0.15) is 6.04 Å². The molecule has 1 atom stereocenters. The molecule has 0 spiro atoms. The van der Waals surface area contributed by atoms with Gasteiger partial charge in [0.25, 0.3) is 5.91 Å². The number of nitrogens with one attached hydrogen (secondary N) is 1. The third kappa shape index (κ3) is 4.11. The number of hydrogen-bond donors (Lipinski definition) is 1. The maximum Gasteiger partial charge on any atom is 0.325 e. The van der Waals surface area contributed by atoms with Gasteiger partial charge in [0.15, 0.2) is 5.78 Å². The van der Waals surface area contributed by atoms with Crippen LogP contribution in [-0.4, -0.2) is 39.8 Å². The topological polar surface area (TPSA) is 71.4 Å². The number of imide groups is 1. The van der Waals surface area contributed by atoms with Gasteiger partial charge in [-0.05, 0) is 38.7 Å². The van der Waals surface area contributed by atoms with Gasteiger partial charge in [-0.3, -0.25) is 14.5 Å². The predicted molar refractivity (Wildman–Crippen MR) is 96.6 cm³/mol. The van der Waals surface area contributed by atoms with Gasteiger partial charge in [0.05, 0.1) is 6.54 Å². The minimum atomic E-state index is -0.497. The normalized spacial score (nSPS) is 17.5. The van der Waals surface area contributed by atoms with Crippen LogP contribution in [0.4, 0.5) is 4.79 Å². The van der Waals surface area contributed by atoms with E-state index in [9.17, 15) is 14.4 Å². The van der Waals surface area contributed by atoms with Crippen LogP contribution in [0.2, 0.25) is 0 Å². The minimum Gasteiger partial charge on any atom is -0.348 e. The zero-order valence-electron chi connectivity index (χ0n) is 15.9. The molecule has 6 nitrogen and oxygen atoms in total. The van der Waals surface area contributed by atoms with E-state index < -0.39 is 12.1 Å². The lowest BCUT2D eigenvalue weighted by Gasteiger charge is -2.13. The number of aryl methyl sites for hydroxylation is 1. The Labute approximate surface area is 149 Å². The van der Waals surface area contributed by atoms with E-state index in [1.165, 1.54) is 0 Å². The highest BCUT2D eigenvalue weighted by atomic mass is 16.2. The highest BCUT2D eigenvalue weighted by Crippen LogP contribution is 2.19. The number of hydrogen-bond acceptors (Lipinski definition) is 3. The average molecular weight is 347 g/mol. The van der Waals surface area contributed by atoms with E-state index in [2.05, 4.69) is 23.7 Å². The van der Waals surface area contributed by atoms with E-state index >= 15 is 0 Å². The van der Waals surface area contributed by atoms with Crippen molar-refractivity contribution in [3.8, 4) is 0 Å². The number of Topliss-reactive ketones (excluding diaryl/α,β-unsaturated/α-hetero) is 1. The van der Waals surface area contributed by atoms with Gasteiger partial charge in [0.2, 0.25) is 0 Å². The Hall–Kier alpha value is -2.11. The van der Waals surface area contributed by atoms with Gasteiger partial charge in [-0.1, -0.05) is 27.2 Å². The molecule has 2 heterocycles. The van der Waals surface area contributed by atoms with Crippen molar-refractivity contribution < 1.29 is 14.4 Å². The summed E-state index contributed by atoms with van der Waals surface area (Å²) in [6.07, 6.45) is 2.43. The molecule has 1 saturated heterocycles. The van der Waals surface area contributed by atoms with E-state index in [-0.39, 0.29) is 18.2 Å². The molecule has 1 unspecified atom stereocenters. The molecule has 0 bridgehead atoms. The van der Waals surface area contributed by atoms with Crippen LogP contribution in [0.25, 0.3) is 0 Å². The monoisotopic (exact) mass is 347 g/mol. The third-order valence-corrected chi connectivity index (χ3v) is 4.79. The first-order valence-electron chi connectivity index (χ1n) is 9.08. The smallest absolute Gasteiger partial charge is 0.325 e. The summed E-state index contributed by atoms with van der Waals surface area (Å²) in [7, 11) is 0. The largest absolute Gasteiger partial charge is 0.348 e. The fourth-order valence-corrected chi connectivity index (χ4v) is 3.25. The first-order chi connectivity index (χ1) is 11.8. The molecular weight excluding hydrogens is 318 g/mol. The van der Waals surface area contributed by atoms with E-state index in [0.717, 1.165) is 35.7 Å². The van der Waals surface area contributed by atoms with Crippen molar-refractivity contribution >= 4 is 17.7 Å². The third-order valence-electron chi connectivity index (χ3n) is 4.79. The number of amides is 3. The fraction of sp³-hybridized carbons (Fsp3) is 0.632. The van der Waals surface area contributed by atoms with Gasteiger partial charge in [-0.15, -0.1) is 0 Å². The second kappa shape index (κ2) is 7.85. The summed E-state index contributed by atoms with van der Waals surface area (Å²) in [5.41, 5.74) is 2.53. The molecule has 3 amide bonds. The lowest BCUT2D eigenvalue weighted by molar-refractivity contribution is -0.127. The second-order valence-electron chi connectivity index (χ2n) is 7.26. The van der Waals surface area contributed by atoms with Crippen LogP contribution in [0.1, 0.15) is 61.8 Å². The molecule has 138 valence electrons. The van der Waals surface area contributed by atoms with Crippen LogP contribution in [0.15, 0.2) is 6.07 Å². The van der Waals surface area contributed by atoms with Gasteiger partial charge in [-0.25, -0.2) is 4.79 Å². The second-order valence-corrected chi connectivity index (χ2v) is 7.26. The molecule has 25 heavy (non-hydrogen) atoms. The molecular formula is C19H29N3O3. The van der Waals surface area contributed by atoms with E-state index in [1.54, 1.807) is 0 Å². The molecule has 1 aromatic rings. The minimum absolute atomic E-state index is 0.190. The number of aromatic nitrogens is 1. The van der Waals surface area contributed by atoms with Crippen molar-refractivity contribution in [1.29, 1.82) is 0 Å². The number of nitrogens with zero attached hydrogens (tertiary/aromatic N) is 2. The Morgan fingerprint density at radius 2 is 1.96 bits per heavy atom. The Morgan fingerprint density at radius 3 is 2.56 bits per heavy atom. The van der Waals surface area contributed by atoms with E-state index in [0.29, 0.717) is 17.9 Å². The summed E-state index contributed by atoms with van der Waals surface area (Å²) in [6, 6.07) is 0.897. The molecule has 1 aliphatic heterocycles. The molecule has 2 rings (SSSR count). The highest BCUT2D eigenvalue weighted by molar-refractivity contribution is 6.09. The number of carbonyl (C=O) groups excluding carboxylic acids is 3. The van der Waals surface area contributed by atoms with Crippen LogP contribution in [-0.2, 0) is 11.3 Å². The summed E-state index contributed by atoms with van der Waals surface area (Å²) in [4.78, 5) is 38.0. The first kappa shape index (κ1) is 19.2. The standard InChI is InChI=1S/C19H29N3O3/c1-6-7-16-18(24)22(19(25)20-16)11-17(23)15-10-13(4)21(14(15)5)9-8-12(2)3/h10,12,16H,6-9,11H2,1-5H3,(H,20,25). The lowest BCUT2D eigenvalue weighted by atomic mass is 10.1.